The summed E-state index contributed by atoms with van der Waals surface area (Å²) in [4.78, 5) is 0.163. The van der Waals surface area contributed by atoms with Crippen LogP contribution in [0.15, 0.2) is 53.4 Å². The first-order valence-electron chi connectivity index (χ1n) is 7.44. The lowest BCUT2D eigenvalue weighted by molar-refractivity contribution is 0.381. The first-order valence-corrected chi connectivity index (χ1v) is 8.88. The van der Waals surface area contributed by atoms with Crippen molar-refractivity contribution in [1.82, 2.24) is 4.31 Å². The van der Waals surface area contributed by atoms with Crippen LogP contribution in [0.2, 0.25) is 0 Å². The second kappa shape index (κ2) is 6.29. The largest absolute Gasteiger partial charge is 0.495 e. The highest BCUT2D eigenvalue weighted by Gasteiger charge is 2.37. The normalized spacial score (nSPS) is 19.0. The summed E-state index contributed by atoms with van der Waals surface area (Å²) >= 11 is 0. The van der Waals surface area contributed by atoms with Gasteiger partial charge >= 0.3 is 0 Å². The standard InChI is InChI=1S/C17H18FNO3S/c1-22-16-6-2-3-7-17(16)23(20,21)19-12-4-5-15(19)13-8-10-14(18)11-9-13/h2-3,6-11,15H,4-5,12H2,1H3. The molecule has 2 aromatic rings. The van der Waals surface area contributed by atoms with Crippen LogP contribution < -0.4 is 4.74 Å². The van der Waals surface area contributed by atoms with Crippen molar-refractivity contribution >= 4 is 10.0 Å². The number of sulfonamides is 1. The predicted molar refractivity (Wildman–Crippen MR) is 85.3 cm³/mol. The second-order valence-corrected chi connectivity index (χ2v) is 7.34. The van der Waals surface area contributed by atoms with Gasteiger partial charge in [0.25, 0.3) is 0 Å². The third-order valence-corrected chi connectivity index (χ3v) is 6.06. The molecule has 1 fully saturated rings. The summed E-state index contributed by atoms with van der Waals surface area (Å²) in [5.74, 6) is 0.00291. The summed E-state index contributed by atoms with van der Waals surface area (Å²) in [5, 5.41) is 0. The molecule has 1 aliphatic heterocycles. The molecule has 0 aromatic heterocycles. The predicted octanol–water partition coefficient (Wildman–Crippen LogP) is 3.36. The van der Waals surface area contributed by atoms with E-state index in [0.717, 1.165) is 18.4 Å². The van der Waals surface area contributed by atoms with E-state index >= 15 is 0 Å². The van der Waals surface area contributed by atoms with E-state index in [0.29, 0.717) is 12.3 Å². The molecule has 0 spiro atoms. The third-order valence-electron chi connectivity index (χ3n) is 4.11. The number of ether oxygens (including phenoxy) is 1. The van der Waals surface area contributed by atoms with Gasteiger partial charge in [-0.25, -0.2) is 12.8 Å². The molecule has 0 radical (unpaired) electrons. The van der Waals surface area contributed by atoms with Crippen LogP contribution in [0.5, 0.6) is 5.75 Å². The Labute approximate surface area is 135 Å². The molecule has 3 rings (SSSR count). The highest BCUT2D eigenvalue weighted by atomic mass is 32.2. The lowest BCUT2D eigenvalue weighted by atomic mass is 10.1. The lowest BCUT2D eigenvalue weighted by Crippen LogP contribution is -2.31. The molecule has 1 aliphatic rings. The minimum atomic E-state index is -3.67. The Bertz CT molecular complexity index is 790. The van der Waals surface area contributed by atoms with Gasteiger partial charge in [0.15, 0.2) is 0 Å². The maximum atomic E-state index is 13.1. The van der Waals surface area contributed by atoms with Gasteiger partial charge in [0.1, 0.15) is 16.5 Å². The van der Waals surface area contributed by atoms with Crippen molar-refractivity contribution in [1.29, 1.82) is 0 Å². The molecular formula is C17H18FNO3S. The Morgan fingerprint density at radius 1 is 1.13 bits per heavy atom. The highest BCUT2D eigenvalue weighted by Crippen LogP contribution is 2.38. The molecule has 0 amide bonds. The number of methoxy groups -OCH3 is 1. The first-order chi connectivity index (χ1) is 11.0. The van der Waals surface area contributed by atoms with Gasteiger partial charge in [-0.3, -0.25) is 0 Å². The van der Waals surface area contributed by atoms with E-state index in [2.05, 4.69) is 0 Å². The number of hydrogen-bond donors (Lipinski definition) is 0. The molecule has 0 aliphatic carbocycles. The summed E-state index contributed by atoms with van der Waals surface area (Å²) in [7, 11) is -2.22. The van der Waals surface area contributed by atoms with Gasteiger partial charge in [-0.2, -0.15) is 4.31 Å². The summed E-state index contributed by atoms with van der Waals surface area (Å²) in [6, 6.07) is 12.3. The number of benzene rings is 2. The topological polar surface area (TPSA) is 46.6 Å². The van der Waals surface area contributed by atoms with E-state index in [9.17, 15) is 12.8 Å². The summed E-state index contributed by atoms with van der Waals surface area (Å²) in [6.45, 7) is 0.447. The number of para-hydroxylation sites is 1. The molecule has 1 heterocycles. The van der Waals surface area contributed by atoms with Crippen molar-refractivity contribution in [2.75, 3.05) is 13.7 Å². The molecule has 0 bridgehead atoms. The Balaban J connectivity index is 2.00. The Morgan fingerprint density at radius 3 is 2.52 bits per heavy atom. The zero-order chi connectivity index (χ0) is 16.4. The van der Waals surface area contributed by atoms with Gasteiger partial charge in [-0.15, -0.1) is 0 Å². The molecule has 122 valence electrons. The molecule has 4 nitrogen and oxygen atoms in total. The number of halogens is 1. The van der Waals surface area contributed by atoms with Gasteiger partial charge < -0.3 is 4.74 Å². The van der Waals surface area contributed by atoms with Crippen molar-refractivity contribution in [3.63, 3.8) is 0 Å². The van der Waals surface area contributed by atoms with Gasteiger partial charge in [0.05, 0.1) is 13.2 Å². The van der Waals surface area contributed by atoms with Gasteiger partial charge in [0.2, 0.25) is 10.0 Å². The van der Waals surface area contributed by atoms with Gasteiger partial charge in [-0.1, -0.05) is 24.3 Å². The van der Waals surface area contributed by atoms with Crippen LogP contribution in [-0.4, -0.2) is 26.4 Å². The summed E-state index contributed by atoms with van der Waals surface area (Å²) in [5.41, 5.74) is 0.808. The number of rotatable bonds is 4. The fraction of sp³-hybridized carbons (Fsp3) is 0.294. The van der Waals surface area contributed by atoms with E-state index in [1.807, 2.05) is 0 Å². The van der Waals surface area contributed by atoms with Crippen LogP contribution >= 0.6 is 0 Å². The quantitative estimate of drug-likeness (QED) is 0.861. The molecule has 1 atom stereocenters. The van der Waals surface area contributed by atoms with Gasteiger partial charge in [-0.05, 0) is 42.7 Å². The van der Waals surface area contributed by atoms with Crippen LogP contribution in [0.4, 0.5) is 4.39 Å². The van der Waals surface area contributed by atoms with E-state index in [1.165, 1.54) is 23.5 Å². The lowest BCUT2D eigenvalue weighted by Gasteiger charge is -2.25. The van der Waals surface area contributed by atoms with Crippen molar-refractivity contribution in [2.45, 2.75) is 23.8 Å². The van der Waals surface area contributed by atoms with Gasteiger partial charge in [0, 0.05) is 6.54 Å². The minimum Gasteiger partial charge on any atom is -0.495 e. The third kappa shape index (κ3) is 2.96. The Kier molecular flexibility index (Phi) is 4.37. The highest BCUT2D eigenvalue weighted by molar-refractivity contribution is 7.89. The van der Waals surface area contributed by atoms with E-state index < -0.39 is 10.0 Å². The molecule has 1 saturated heterocycles. The maximum Gasteiger partial charge on any atom is 0.247 e. The Morgan fingerprint density at radius 2 is 1.83 bits per heavy atom. The molecular weight excluding hydrogens is 317 g/mol. The fourth-order valence-electron chi connectivity index (χ4n) is 3.00. The first kappa shape index (κ1) is 16.0. The van der Waals surface area contributed by atoms with Crippen molar-refractivity contribution in [3.8, 4) is 5.75 Å². The average Bonchev–Trinajstić information content (AvgIpc) is 3.06. The van der Waals surface area contributed by atoms with E-state index in [1.54, 1.807) is 36.4 Å². The molecule has 1 unspecified atom stereocenters. The minimum absolute atomic E-state index is 0.163. The number of hydrogen-bond acceptors (Lipinski definition) is 3. The van der Waals surface area contributed by atoms with Crippen molar-refractivity contribution < 1.29 is 17.5 Å². The zero-order valence-corrected chi connectivity index (χ0v) is 13.6. The zero-order valence-electron chi connectivity index (χ0n) is 12.8. The molecule has 23 heavy (non-hydrogen) atoms. The van der Waals surface area contributed by atoms with Crippen LogP contribution in [0.25, 0.3) is 0 Å². The Hall–Kier alpha value is -1.92. The monoisotopic (exact) mass is 335 g/mol. The summed E-state index contributed by atoms with van der Waals surface area (Å²) in [6.07, 6.45) is 1.50. The van der Waals surface area contributed by atoms with E-state index in [4.69, 9.17) is 4.74 Å². The van der Waals surface area contributed by atoms with Crippen molar-refractivity contribution in [3.05, 3.63) is 59.9 Å². The maximum absolute atomic E-state index is 13.1. The molecule has 6 heteroatoms. The fourth-order valence-corrected chi connectivity index (χ4v) is 4.84. The van der Waals surface area contributed by atoms with E-state index in [-0.39, 0.29) is 16.8 Å². The molecule has 0 saturated carbocycles. The van der Waals surface area contributed by atoms with Crippen LogP contribution in [-0.2, 0) is 10.0 Å². The number of nitrogens with zero attached hydrogens (tertiary/aromatic N) is 1. The molecule has 2 aromatic carbocycles. The molecule has 0 N–H and O–H groups in total. The van der Waals surface area contributed by atoms with Crippen LogP contribution in [0.3, 0.4) is 0 Å². The van der Waals surface area contributed by atoms with Crippen molar-refractivity contribution in [2.24, 2.45) is 0 Å². The smallest absolute Gasteiger partial charge is 0.247 e. The summed E-state index contributed by atoms with van der Waals surface area (Å²) < 4.78 is 45.9. The second-order valence-electron chi connectivity index (χ2n) is 5.48. The average molecular weight is 335 g/mol. The van der Waals surface area contributed by atoms with Crippen LogP contribution in [0.1, 0.15) is 24.4 Å². The van der Waals surface area contributed by atoms with Crippen LogP contribution in [0, 0.1) is 5.82 Å². The SMILES string of the molecule is COc1ccccc1S(=O)(=O)N1CCCC1c1ccc(F)cc1.